The van der Waals surface area contributed by atoms with Gasteiger partial charge in [-0.1, -0.05) is 12.1 Å². The van der Waals surface area contributed by atoms with Gasteiger partial charge in [-0.2, -0.15) is 0 Å². The van der Waals surface area contributed by atoms with Gasteiger partial charge < -0.3 is 9.67 Å². The first-order valence-electron chi connectivity index (χ1n) is 9.48. The van der Waals surface area contributed by atoms with E-state index in [1.54, 1.807) is 10.6 Å². The molecule has 0 saturated carbocycles. The highest BCUT2D eigenvalue weighted by atomic mass is 16.3. The molecule has 0 aliphatic carbocycles. The monoisotopic (exact) mass is 367 g/mol. The molecular formula is C20H25N5O2. The lowest BCUT2D eigenvalue weighted by molar-refractivity contribution is 0.231. The van der Waals surface area contributed by atoms with E-state index in [0.29, 0.717) is 5.39 Å². The molecule has 0 amide bonds. The molecule has 0 radical (unpaired) electrons. The zero-order chi connectivity index (χ0) is 18.8. The Labute approximate surface area is 157 Å². The molecule has 7 heteroatoms. The summed E-state index contributed by atoms with van der Waals surface area (Å²) in [5.74, 6) is 0.773. The minimum Gasteiger partial charge on any atom is -0.395 e. The number of likely N-dealkylation sites (tertiary alicyclic amines) is 1. The van der Waals surface area contributed by atoms with Crippen LogP contribution in [0.4, 0.5) is 0 Å². The molecule has 1 atom stereocenters. The fourth-order valence-corrected chi connectivity index (χ4v) is 4.03. The van der Waals surface area contributed by atoms with E-state index in [1.165, 1.54) is 5.69 Å². The van der Waals surface area contributed by atoms with Crippen LogP contribution in [0.3, 0.4) is 0 Å². The van der Waals surface area contributed by atoms with E-state index < -0.39 is 0 Å². The van der Waals surface area contributed by atoms with E-state index in [-0.39, 0.29) is 24.8 Å². The molecule has 27 heavy (non-hydrogen) atoms. The number of aryl methyl sites for hydroxylation is 1. The molecule has 1 saturated heterocycles. The van der Waals surface area contributed by atoms with Crippen molar-refractivity contribution in [2.45, 2.75) is 31.8 Å². The van der Waals surface area contributed by atoms with Gasteiger partial charge in [-0.05, 0) is 31.5 Å². The van der Waals surface area contributed by atoms with Crippen molar-refractivity contribution in [3.63, 3.8) is 0 Å². The van der Waals surface area contributed by atoms with Crippen molar-refractivity contribution in [3.05, 3.63) is 58.7 Å². The number of aromatic nitrogens is 4. The Morgan fingerprint density at radius 1 is 1.26 bits per heavy atom. The molecule has 1 aromatic carbocycles. The SMILES string of the molecule is Cn1cncc1CCN1CCCC1c1nc2ccccc2c(=O)n1CCO. The molecule has 1 aliphatic rings. The van der Waals surface area contributed by atoms with Gasteiger partial charge in [-0.25, -0.2) is 9.97 Å². The highest BCUT2D eigenvalue weighted by Gasteiger charge is 2.30. The number of aliphatic hydroxyl groups excluding tert-OH is 1. The number of benzene rings is 1. The van der Waals surface area contributed by atoms with Gasteiger partial charge in [0.15, 0.2) is 0 Å². The zero-order valence-electron chi connectivity index (χ0n) is 15.6. The molecule has 142 valence electrons. The normalized spacial score (nSPS) is 17.8. The molecule has 1 fully saturated rings. The highest BCUT2D eigenvalue weighted by molar-refractivity contribution is 5.77. The molecule has 0 bridgehead atoms. The summed E-state index contributed by atoms with van der Waals surface area (Å²) in [4.78, 5) is 24.4. The number of imidazole rings is 1. The minimum atomic E-state index is -0.0747. The molecule has 1 N–H and O–H groups in total. The molecule has 4 rings (SSSR count). The van der Waals surface area contributed by atoms with Crippen molar-refractivity contribution < 1.29 is 5.11 Å². The smallest absolute Gasteiger partial charge is 0.261 e. The second kappa shape index (κ2) is 7.62. The second-order valence-electron chi connectivity index (χ2n) is 7.11. The first kappa shape index (κ1) is 17.9. The predicted molar refractivity (Wildman–Crippen MR) is 104 cm³/mol. The molecular weight excluding hydrogens is 342 g/mol. The van der Waals surface area contributed by atoms with E-state index in [2.05, 4.69) is 9.88 Å². The van der Waals surface area contributed by atoms with E-state index >= 15 is 0 Å². The third kappa shape index (κ3) is 3.40. The average Bonchev–Trinajstić information content (AvgIpc) is 3.31. The van der Waals surface area contributed by atoms with Crippen molar-refractivity contribution in [1.82, 2.24) is 24.0 Å². The Morgan fingerprint density at radius 2 is 2.11 bits per heavy atom. The number of hydrogen-bond donors (Lipinski definition) is 1. The summed E-state index contributed by atoms with van der Waals surface area (Å²) in [7, 11) is 2.01. The van der Waals surface area contributed by atoms with Crippen molar-refractivity contribution in [2.75, 3.05) is 19.7 Å². The quantitative estimate of drug-likeness (QED) is 0.715. The molecule has 1 aliphatic heterocycles. The largest absolute Gasteiger partial charge is 0.395 e. The number of nitrogens with zero attached hydrogens (tertiary/aromatic N) is 5. The fourth-order valence-electron chi connectivity index (χ4n) is 4.03. The van der Waals surface area contributed by atoms with Gasteiger partial charge in [0.1, 0.15) is 5.82 Å². The predicted octanol–water partition coefficient (Wildman–Crippen LogP) is 1.50. The number of aliphatic hydroxyl groups is 1. The number of hydrogen-bond acceptors (Lipinski definition) is 5. The summed E-state index contributed by atoms with van der Waals surface area (Å²) in [6, 6.07) is 7.55. The maximum atomic E-state index is 13.0. The minimum absolute atomic E-state index is 0.0665. The van der Waals surface area contributed by atoms with Crippen molar-refractivity contribution in [1.29, 1.82) is 0 Å². The third-order valence-corrected chi connectivity index (χ3v) is 5.45. The van der Waals surface area contributed by atoms with Gasteiger partial charge in [0, 0.05) is 31.9 Å². The van der Waals surface area contributed by atoms with Crippen molar-refractivity contribution >= 4 is 10.9 Å². The summed E-state index contributed by atoms with van der Waals surface area (Å²) in [5, 5.41) is 10.1. The van der Waals surface area contributed by atoms with Gasteiger partial charge in [0.05, 0.1) is 36.4 Å². The molecule has 1 unspecified atom stereocenters. The van der Waals surface area contributed by atoms with E-state index in [9.17, 15) is 9.90 Å². The van der Waals surface area contributed by atoms with E-state index in [1.807, 2.05) is 42.3 Å². The summed E-state index contributed by atoms with van der Waals surface area (Å²) in [5.41, 5.74) is 1.85. The van der Waals surface area contributed by atoms with Crippen LogP contribution in [-0.2, 0) is 20.0 Å². The maximum Gasteiger partial charge on any atom is 0.261 e. The molecule has 2 aromatic heterocycles. The second-order valence-corrected chi connectivity index (χ2v) is 7.11. The maximum absolute atomic E-state index is 13.0. The van der Waals surface area contributed by atoms with Crippen LogP contribution in [0.2, 0.25) is 0 Å². The van der Waals surface area contributed by atoms with Gasteiger partial charge in [0.25, 0.3) is 5.56 Å². The van der Waals surface area contributed by atoms with Crippen LogP contribution in [0.15, 0.2) is 41.6 Å². The van der Waals surface area contributed by atoms with Crippen LogP contribution in [0, 0.1) is 0 Å². The number of fused-ring (bicyclic) bond motifs is 1. The summed E-state index contributed by atoms with van der Waals surface area (Å²) >= 11 is 0. The molecule has 7 nitrogen and oxygen atoms in total. The van der Waals surface area contributed by atoms with Crippen molar-refractivity contribution in [3.8, 4) is 0 Å². The Morgan fingerprint density at radius 3 is 2.89 bits per heavy atom. The van der Waals surface area contributed by atoms with Crippen LogP contribution in [-0.4, -0.2) is 48.8 Å². The fraction of sp³-hybridized carbons (Fsp3) is 0.450. The molecule has 3 aromatic rings. The van der Waals surface area contributed by atoms with Gasteiger partial charge in [0.2, 0.25) is 0 Å². The summed E-state index contributed by atoms with van der Waals surface area (Å²) < 4.78 is 3.70. The Kier molecular flexibility index (Phi) is 5.05. The van der Waals surface area contributed by atoms with Crippen LogP contribution in [0.1, 0.15) is 30.4 Å². The lowest BCUT2D eigenvalue weighted by atomic mass is 10.1. The highest BCUT2D eigenvalue weighted by Crippen LogP contribution is 2.31. The van der Waals surface area contributed by atoms with E-state index in [0.717, 1.165) is 43.7 Å². The van der Waals surface area contributed by atoms with Crippen LogP contribution >= 0.6 is 0 Å². The number of para-hydroxylation sites is 1. The van der Waals surface area contributed by atoms with Gasteiger partial charge in [-0.3, -0.25) is 14.3 Å². The Hall–Kier alpha value is -2.51. The standard InChI is InChI=1S/C20H25N5O2/c1-23-14-21-13-15(23)8-10-24-9-4-7-18(24)19-22-17-6-3-2-5-16(17)20(27)25(19)11-12-26/h2-3,5-6,13-14,18,26H,4,7-12H2,1H3. The zero-order valence-corrected chi connectivity index (χ0v) is 15.6. The van der Waals surface area contributed by atoms with Gasteiger partial charge >= 0.3 is 0 Å². The van der Waals surface area contributed by atoms with Gasteiger partial charge in [-0.15, -0.1) is 0 Å². The summed E-state index contributed by atoms with van der Waals surface area (Å²) in [6.45, 7) is 2.09. The van der Waals surface area contributed by atoms with E-state index in [4.69, 9.17) is 4.98 Å². The topological polar surface area (TPSA) is 76.2 Å². The summed E-state index contributed by atoms with van der Waals surface area (Å²) in [6.07, 6.45) is 6.69. The lowest BCUT2D eigenvalue weighted by Crippen LogP contribution is -2.34. The van der Waals surface area contributed by atoms with Crippen molar-refractivity contribution in [2.24, 2.45) is 7.05 Å². The first-order valence-corrected chi connectivity index (χ1v) is 9.48. The Bertz CT molecular complexity index is 993. The van der Waals surface area contributed by atoms with Crippen LogP contribution in [0.25, 0.3) is 10.9 Å². The van der Waals surface area contributed by atoms with Crippen LogP contribution < -0.4 is 5.56 Å². The lowest BCUT2D eigenvalue weighted by Gasteiger charge is -2.26. The molecule has 0 spiro atoms. The Balaban J connectivity index is 1.68. The average molecular weight is 367 g/mol. The van der Waals surface area contributed by atoms with Crippen LogP contribution in [0.5, 0.6) is 0 Å². The number of rotatable bonds is 6. The third-order valence-electron chi connectivity index (χ3n) is 5.45. The first-order chi connectivity index (χ1) is 13.2. The molecule has 3 heterocycles.